The molecule has 2 aliphatic rings. The summed E-state index contributed by atoms with van der Waals surface area (Å²) in [7, 11) is 0. The number of rotatable bonds is 3. The molecule has 0 radical (unpaired) electrons. The summed E-state index contributed by atoms with van der Waals surface area (Å²) in [6.45, 7) is 0. The van der Waals surface area contributed by atoms with Gasteiger partial charge in [-0.3, -0.25) is 4.79 Å². The summed E-state index contributed by atoms with van der Waals surface area (Å²) in [5, 5.41) is 9.94. The summed E-state index contributed by atoms with van der Waals surface area (Å²) in [4.78, 5) is 16.0. The van der Waals surface area contributed by atoms with Crippen LogP contribution in [0, 0.1) is 0 Å². The van der Waals surface area contributed by atoms with Gasteiger partial charge in [0.1, 0.15) is 6.04 Å². The Labute approximate surface area is 115 Å². The lowest BCUT2D eigenvalue weighted by Gasteiger charge is -2.04. The molecule has 1 aliphatic carbocycles. The fourth-order valence-electron chi connectivity index (χ4n) is 2.39. The number of nitrogens with zero attached hydrogens (tertiary/aromatic N) is 2. The Kier molecular flexibility index (Phi) is 2.48. The number of carbonyl (C=O) groups excluding carboxylic acids is 1. The van der Waals surface area contributed by atoms with Crippen LogP contribution >= 0.6 is 0 Å². The Morgan fingerprint density at radius 2 is 2.20 bits per heavy atom. The van der Waals surface area contributed by atoms with Gasteiger partial charge >= 0.3 is 0 Å². The van der Waals surface area contributed by atoms with Crippen molar-refractivity contribution < 1.29 is 9.32 Å². The highest BCUT2D eigenvalue weighted by molar-refractivity contribution is 5.90. The SMILES string of the molecule is O=C(NC1CC1)c1noc([C@@H]2Cc3ccccc3N2)n1. The van der Waals surface area contributed by atoms with E-state index in [1.807, 2.05) is 18.2 Å². The van der Waals surface area contributed by atoms with Gasteiger partial charge in [0.25, 0.3) is 11.7 Å². The number of carbonyl (C=O) groups is 1. The third-order valence-electron chi connectivity index (χ3n) is 3.63. The molecule has 0 unspecified atom stereocenters. The standard InChI is InChI=1S/C14H14N4O2/c19-13(15-9-5-6-9)12-17-14(20-18-12)11-7-8-3-1-2-4-10(8)16-11/h1-4,9,11,16H,5-7H2,(H,15,19)/t11-/m0/s1. The van der Waals surface area contributed by atoms with E-state index in [2.05, 4.69) is 26.8 Å². The van der Waals surface area contributed by atoms with Crippen LogP contribution in [-0.4, -0.2) is 22.1 Å². The van der Waals surface area contributed by atoms with Gasteiger partial charge in [-0.05, 0) is 24.5 Å². The molecule has 6 heteroatoms. The number of hydrogen-bond acceptors (Lipinski definition) is 5. The predicted molar refractivity (Wildman–Crippen MR) is 71.3 cm³/mol. The predicted octanol–water partition coefficient (Wildman–Crippen LogP) is 1.67. The third kappa shape index (κ3) is 2.03. The molecule has 1 aromatic heterocycles. The highest BCUT2D eigenvalue weighted by Crippen LogP contribution is 2.33. The van der Waals surface area contributed by atoms with Gasteiger partial charge in [-0.1, -0.05) is 23.4 Å². The fourth-order valence-corrected chi connectivity index (χ4v) is 2.39. The Morgan fingerprint density at radius 1 is 1.35 bits per heavy atom. The molecule has 102 valence electrons. The van der Waals surface area contributed by atoms with Crippen molar-refractivity contribution in [3.8, 4) is 0 Å². The van der Waals surface area contributed by atoms with Crippen LogP contribution in [0.25, 0.3) is 0 Å². The van der Waals surface area contributed by atoms with E-state index < -0.39 is 0 Å². The molecular weight excluding hydrogens is 256 g/mol. The topological polar surface area (TPSA) is 80.0 Å². The maximum atomic E-state index is 11.8. The van der Waals surface area contributed by atoms with Crippen LogP contribution in [0.3, 0.4) is 0 Å². The number of para-hydroxylation sites is 1. The Balaban J connectivity index is 1.50. The first-order valence-corrected chi connectivity index (χ1v) is 6.78. The van der Waals surface area contributed by atoms with E-state index in [0.29, 0.717) is 11.9 Å². The highest BCUT2D eigenvalue weighted by Gasteiger charge is 2.29. The van der Waals surface area contributed by atoms with Crippen LogP contribution < -0.4 is 10.6 Å². The van der Waals surface area contributed by atoms with Crippen molar-refractivity contribution in [3.05, 3.63) is 41.5 Å². The van der Waals surface area contributed by atoms with Gasteiger partial charge < -0.3 is 15.2 Å². The maximum Gasteiger partial charge on any atom is 0.292 e. The van der Waals surface area contributed by atoms with E-state index in [4.69, 9.17) is 4.52 Å². The molecule has 1 amide bonds. The van der Waals surface area contributed by atoms with E-state index >= 15 is 0 Å². The van der Waals surface area contributed by atoms with E-state index in [1.54, 1.807) is 0 Å². The van der Waals surface area contributed by atoms with Crippen LogP contribution in [0.15, 0.2) is 28.8 Å². The molecule has 2 N–H and O–H groups in total. The molecule has 6 nitrogen and oxygen atoms in total. The van der Waals surface area contributed by atoms with Crippen molar-refractivity contribution in [1.82, 2.24) is 15.5 Å². The van der Waals surface area contributed by atoms with Gasteiger partial charge in [-0.15, -0.1) is 0 Å². The Bertz CT molecular complexity index is 638. The second-order valence-corrected chi connectivity index (χ2v) is 5.26. The van der Waals surface area contributed by atoms with Crippen LogP contribution in [0.1, 0.15) is 41.0 Å². The summed E-state index contributed by atoms with van der Waals surface area (Å²) in [5.41, 5.74) is 2.30. The van der Waals surface area contributed by atoms with Gasteiger partial charge in [0.15, 0.2) is 0 Å². The minimum Gasteiger partial charge on any atom is -0.373 e. The molecule has 0 bridgehead atoms. The first kappa shape index (κ1) is 11.5. The van der Waals surface area contributed by atoms with Crippen LogP contribution in [0.2, 0.25) is 0 Å². The number of amides is 1. The number of nitrogens with one attached hydrogen (secondary N) is 2. The van der Waals surface area contributed by atoms with Crippen molar-refractivity contribution in [2.45, 2.75) is 31.3 Å². The lowest BCUT2D eigenvalue weighted by molar-refractivity contribution is 0.0937. The molecule has 2 heterocycles. The largest absolute Gasteiger partial charge is 0.373 e. The van der Waals surface area contributed by atoms with Gasteiger partial charge in [0.2, 0.25) is 5.89 Å². The molecular formula is C14H14N4O2. The molecule has 1 fully saturated rings. The number of hydrogen-bond donors (Lipinski definition) is 2. The minimum absolute atomic E-state index is 0.0534. The van der Waals surface area contributed by atoms with E-state index in [-0.39, 0.29) is 17.8 Å². The molecule has 2 aromatic rings. The third-order valence-corrected chi connectivity index (χ3v) is 3.63. The van der Waals surface area contributed by atoms with Gasteiger partial charge in [0, 0.05) is 18.2 Å². The smallest absolute Gasteiger partial charge is 0.292 e. The van der Waals surface area contributed by atoms with Gasteiger partial charge in [-0.25, -0.2) is 0 Å². The highest BCUT2D eigenvalue weighted by atomic mass is 16.5. The lowest BCUT2D eigenvalue weighted by atomic mass is 10.1. The molecule has 20 heavy (non-hydrogen) atoms. The Hall–Kier alpha value is -2.37. The molecule has 0 spiro atoms. The van der Waals surface area contributed by atoms with E-state index in [1.165, 1.54) is 5.56 Å². The van der Waals surface area contributed by atoms with Gasteiger partial charge in [0.05, 0.1) is 0 Å². The Morgan fingerprint density at radius 3 is 3.00 bits per heavy atom. The quantitative estimate of drug-likeness (QED) is 0.886. The van der Waals surface area contributed by atoms with Gasteiger partial charge in [-0.2, -0.15) is 4.98 Å². The van der Waals surface area contributed by atoms with Crippen LogP contribution in [0.4, 0.5) is 5.69 Å². The second-order valence-electron chi connectivity index (χ2n) is 5.26. The summed E-state index contributed by atoms with van der Waals surface area (Å²) < 4.78 is 5.22. The molecule has 1 aromatic carbocycles. The number of benzene rings is 1. The van der Waals surface area contributed by atoms with E-state index in [0.717, 1.165) is 24.9 Å². The summed E-state index contributed by atoms with van der Waals surface area (Å²) >= 11 is 0. The zero-order valence-corrected chi connectivity index (χ0v) is 10.8. The number of aromatic nitrogens is 2. The average Bonchev–Trinajstić information content (AvgIpc) is 3.00. The molecule has 1 aliphatic heterocycles. The van der Waals surface area contributed by atoms with Crippen molar-refractivity contribution in [3.63, 3.8) is 0 Å². The molecule has 1 atom stereocenters. The minimum atomic E-state index is -0.252. The molecule has 1 saturated carbocycles. The monoisotopic (exact) mass is 270 g/mol. The maximum absolute atomic E-state index is 11.8. The first-order chi connectivity index (χ1) is 9.79. The lowest BCUT2D eigenvalue weighted by Crippen LogP contribution is -2.26. The average molecular weight is 270 g/mol. The van der Waals surface area contributed by atoms with Crippen molar-refractivity contribution in [2.24, 2.45) is 0 Å². The van der Waals surface area contributed by atoms with E-state index in [9.17, 15) is 4.79 Å². The number of fused-ring (bicyclic) bond motifs is 1. The fraction of sp³-hybridized carbons (Fsp3) is 0.357. The summed E-state index contributed by atoms with van der Waals surface area (Å²) in [5.74, 6) is 0.324. The molecule has 4 rings (SSSR count). The van der Waals surface area contributed by atoms with Crippen LogP contribution in [-0.2, 0) is 6.42 Å². The van der Waals surface area contributed by atoms with Crippen molar-refractivity contribution in [2.75, 3.05) is 5.32 Å². The normalized spacial score (nSPS) is 20.3. The zero-order chi connectivity index (χ0) is 13.5. The molecule has 0 saturated heterocycles. The number of anilines is 1. The summed E-state index contributed by atoms with van der Waals surface area (Å²) in [6, 6.07) is 8.31. The van der Waals surface area contributed by atoms with Crippen molar-refractivity contribution >= 4 is 11.6 Å². The summed E-state index contributed by atoms with van der Waals surface area (Å²) in [6.07, 6.45) is 2.87. The van der Waals surface area contributed by atoms with Crippen molar-refractivity contribution in [1.29, 1.82) is 0 Å². The first-order valence-electron chi connectivity index (χ1n) is 6.78. The second kappa shape index (κ2) is 4.33. The zero-order valence-electron chi connectivity index (χ0n) is 10.8. The van der Waals surface area contributed by atoms with Crippen LogP contribution in [0.5, 0.6) is 0 Å².